The van der Waals surface area contributed by atoms with Gasteiger partial charge in [0.2, 0.25) is 0 Å². The molecule has 1 fully saturated rings. The number of amides is 1. The van der Waals surface area contributed by atoms with Gasteiger partial charge in [-0.3, -0.25) is 19.1 Å². The molecule has 1 saturated heterocycles. The van der Waals surface area contributed by atoms with Crippen molar-refractivity contribution in [2.45, 2.75) is 13.0 Å². The molecule has 212 valence electrons. The van der Waals surface area contributed by atoms with Gasteiger partial charge in [0.1, 0.15) is 11.4 Å². The molecule has 1 unspecified atom stereocenters. The van der Waals surface area contributed by atoms with E-state index in [0.29, 0.717) is 40.2 Å². The minimum atomic E-state index is -0.667. The Balaban J connectivity index is 1.39. The molecule has 0 aliphatic carbocycles. The number of rotatable bonds is 5. The summed E-state index contributed by atoms with van der Waals surface area (Å²) < 4.78 is 2.99. The Hall–Kier alpha value is -5.05. The molecule has 11 nitrogen and oxygen atoms in total. The zero-order valence-electron chi connectivity index (χ0n) is 23.5. The zero-order chi connectivity index (χ0) is 29.2. The highest BCUT2D eigenvalue weighted by molar-refractivity contribution is 6.04. The second-order valence-electron chi connectivity index (χ2n) is 10.4. The number of anilines is 1. The lowest BCUT2D eigenvalue weighted by atomic mass is 10.1. The third kappa shape index (κ3) is 5.21. The second kappa shape index (κ2) is 11.4. The molecule has 1 aliphatic rings. The third-order valence-electron chi connectivity index (χ3n) is 7.44. The molecule has 4 heterocycles. The first-order valence-electron chi connectivity index (χ1n) is 13.8. The van der Waals surface area contributed by atoms with Crippen LogP contribution in [0, 0.1) is 11.8 Å². The molecular formula is C31H31N9O2. The van der Waals surface area contributed by atoms with Gasteiger partial charge < -0.3 is 16.0 Å². The number of nitrogens with zero attached hydrogens (tertiary/aromatic N) is 7. The van der Waals surface area contributed by atoms with E-state index >= 15 is 0 Å². The highest BCUT2D eigenvalue weighted by atomic mass is 16.2. The molecule has 3 aromatic heterocycles. The molecular weight excluding hydrogens is 530 g/mol. The van der Waals surface area contributed by atoms with Crippen molar-refractivity contribution < 1.29 is 4.79 Å². The third-order valence-corrected chi connectivity index (χ3v) is 7.44. The SMILES string of the molecule is CC(NC(=O)c1c(N)nn2cccnc12)c1nc2cccc(C#CCN3CCN(C)CC3)c2c(=O)n1-c1ccccc1. The summed E-state index contributed by atoms with van der Waals surface area (Å²) in [6.45, 7) is 6.37. The molecule has 6 rings (SSSR count). The van der Waals surface area contributed by atoms with Crippen LogP contribution in [-0.4, -0.2) is 79.6 Å². The number of carbonyl (C=O) groups is 1. The fourth-order valence-corrected chi connectivity index (χ4v) is 5.18. The number of fused-ring (bicyclic) bond motifs is 2. The number of benzene rings is 2. The lowest BCUT2D eigenvalue weighted by Gasteiger charge is -2.30. The number of hydrogen-bond acceptors (Lipinski definition) is 8. The van der Waals surface area contributed by atoms with Crippen molar-refractivity contribution in [1.29, 1.82) is 0 Å². The normalized spacial score (nSPS) is 14.9. The molecule has 3 N–H and O–H groups in total. The lowest BCUT2D eigenvalue weighted by Crippen LogP contribution is -2.44. The number of para-hydroxylation sites is 1. The Morgan fingerprint density at radius 3 is 2.64 bits per heavy atom. The van der Waals surface area contributed by atoms with E-state index in [1.807, 2.05) is 42.5 Å². The van der Waals surface area contributed by atoms with E-state index in [-0.39, 0.29) is 16.9 Å². The number of aromatic nitrogens is 5. The maximum Gasteiger partial charge on any atom is 0.267 e. The quantitative estimate of drug-likeness (QED) is 0.313. The minimum absolute atomic E-state index is 0.0603. The zero-order valence-corrected chi connectivity index (χ0v) is 23.5. The van der Waals surface area contributed by atoms with Crippen LogP contribution in [0.2, 0.25) is 0 Å². The topological polar surface area (TPSA) is 127 Å². The first kappa shape index (κ1) is 27.1. The van der Waals surface area contributed by atoms with Gasteiger partial charge in [-0.15, -0.1) is 5.10 Å². The summed E-state index contributed by atoms with van der Waals surface area (Å²) in [6, 6.07) is 15.8. The van der Waals surface area contributed by atoms with Crippen molar-refractivity contribution in [1.82, 2.24) is 39.3 Å². The summed E-state index contributed by atoms with van der Waals surface area (Å²) in [5.41, 5.74) is 8.08. The van der Waals surface area contributed by atoms with E-state index in [1.54, 1.807) is 31.5 Å². The lowest BCUT2D eigenvalue weighted by molar-refractivity contribution is 0.0940. The molecule has 2 aromatic carbocycles. The van der Waals surface area contributed by atoms with E-state index in [9.17, 15) is 9.59 Å². The maximum atomic E-state index is 14.2. The second-order valence-corrected chi connectivity index (χ2v) is 10.4. The standard InChI is InChI=1S/C31H31N9O2/c1-21(34-30(41)26-27(32)36-39-16-8-14-33-29(26)39)28-35-24-13-6-9-22(10-7-15-38-19-17-37(2)18-20-38)25(24)31(42)40(28)23-11-4-3-5-12-23/h3-6,8-9,11-14,16,21H,15,17-20H2,1-2H3,(H2,32,36)(H,34,41). The molecule has 42 heavy (non-hydrogen) atoms. The first-order chi connectivity index (χ1) is 20.4. The minimum Gasteiger partial charge on any atom is -0.381 e. The van der Waals surface area contributed by atoms with E-state index in [1.165, 1.54) is 9.08 Å². The van der Waals surface area contributed by atoms with E-state index in [2.05, 4.69) is 44.1 Å². The van der Waals surface area contributed by atoms with Crippen molar-refractivity contribution in [3.05, 3.63) is 94.3 Å². The molecule has 5 aromatic rings. The van der Waals surface area contributed by atoms with Gasteiger partial charge in [0.25, 0.3) is 11.5 Å². The first-order valence-corrected chi connectivity index (χ1v) is 13.8. The smallest absolute Gasteiger partial charge is 0.267 e. The van der Waals surface area contributed by atoms with Crippen LogP contribution in [0.1, 0.15) is 34.7 Å². The van der Waals surface area contributed by atoms with Crippen molar-refractivity contribution >= 4 is 28.3 Å². The highest BCUT2D eigenvalue weighted by Crippen LogP contribution is 2.22. The van der Waals surface area contributed by atoms with Gasteiger partial charge in [-0.2, -0.15) is 0 Å². The summed E-state index contributed by atoms with van der Waals surface area (Å²) in [5.74, 6) is 6.46. The average molecular weight is 562 g/mol. The molecule has 0 spiro atoms. The fraction of sp³-hybridized carbons (Fsp3) is 0.258. The van der Waals surface area contributed by atoms with Gasteiger partial charge in [0, 0.05) is 44.1 Å². The van der Waals surface area contributed by atoms with Crippen molar-refractivity contribution in [3.63, 3.8) is 0 Å². The van der Waals surface area contributed by atoms with Gasteiger partial charge in [0.05, 0.1) is 29.2 Å². The molecule has 1 amide bonds. The van der Waals surface area contributed by atoms with Crippen LogP contribution >= 0.6 is 0 Å². The average Bonchev–Trinajstić information content (AvgIpc) is 3.34. The Kier molecular flexibility index (Phi) is 7.39. The molecule has 1 atom stereocenters. The predicted octanol–water partition coefficient (Wildman–Crippen LogP) is 2.10. The van der Waals surface area contributed by atoms with Crippen LogP contribution in [-0.2, 0) is 0 Å². The molecule has 0 radical (unpaired) electrons. The maximum absolute atomic E-state index is 14.2. The molecule has 0 bridgehead atoms. The number of piperazine rings is 1. The van der Waals surface area contributed by atoms with Crippen molar-refractivity contribution in [2.75, 3.05) is 45.5 Å². The summed E-state index contributed by atoms with van der Waals surface area (Å²) in [4.78, 5) is 41.4. The fourth-order valence-electron chi connectivity index (χ4n) is 5.18. The van der Waals surface area contributed by atoms with Gasteiger partial charge in [0.15, 0.2) is 11.5 Å². The summed E-state index contributed by atoms with van der Waals surface area (Å²) in [6.07, 6.45) is 3.24. The number of nitrogens with one attached hydrogen (secondary N) is 1. The van der Waals surface area contributed by atoms with E-state index in [4.69, 9.17) is 10.7 Å². The van der Waals surface area contributed by atoms with Gasteiger partial charge in [-0.05, 0) is 44.3 Å². The predicted molar refractivity (Wildman–Crippen MR) is 161 cm³/mol. The number of carbonyl (C=O) groups excluding carboxylic acids is 1. The van der Waals surface area contributed by atoms with Crippen LogP contribution in [0.4, 0.5) is 5.82 Å². The van der Waals surface area contributed by atoms with Crippen molar-refractivity contribution in [3.8, 4) is 17.5 Å². The van der Waals surface area contributed by atoms with Crippen LogP contribution in [0.25, 0.3) is 22.2 Å². The molecule has 11 heteroatoms. The van der Waals surface area contributed by atoms with Crippen LogP contribution < -0.4 is 16.6 Å². The monoisotopic (exact) mass is 561 g/mol. The highest BCUT2D eigenvalue weighted by Gasteiger charge is 2.25. The van der Waals surface area contributed by atoms with Gasteiger partial charge >= 0.3 is 0 Å². The molecule has 0 saturated carbocycles. The van der Waals surface area contributed by atoms with Crippen LogP contribution in [0.3, 0.4) is 0 Å². The number of nitrogen functional groups attached to an aromatic ring is 1. The van der Waals surface area contributed by atoms with Gasteiger partial charge in [-0.1, -0.05) is 36.1 Å². The van der Waals surface area contributed by atoms with Crippen LogP contribution in [0.15, 0.2) is 71.8 Å². The Morgan fingerprint density at radius 2 is 1.86 bits per heavy atom. The Labute approximate surface area is 242 Å². The Morgan fingerprint density at radius 1 is 1.07 bits per heavy atom. The number of nitrogens with two attached hydrogens (primary N) is 1. The van der Waals surface area contributed by atoms with Crippen LogP contribution in [0.5, 0.6) is 0 Å². The largest absolute Gasteiger partial charge is 0.381 e. The van der Waals surface area contributed by atoms with Crippen molar-refractivity contribution in [2.24, 2.45) is 0 Å². The number of likely N-dealkylation sites (N-methyl/N-ethyl adjacent to an activating group) is 1. The van der Waals surface area contributed by atoms with E-state index < -0.39 is 11.9 Å². The van der Waals surface area contributed by atoms with E-state index in [0.717, 1.165) is 26.2 Å². The van der Waals surface area contributed by atoms with Gasteiger partial charge in [-0.25, -0.2) is 14.5 Å². The summed E-state index contributed by atoms with van der Waals surface area (Å²) in [7, 11) is 2.12. The summed E-state index contributed by atoms with van der Waals surface area (Å²) >= 11 is 0. The number of hydrogen-bond donors (Lipinski definition) is 2. The molecule has 1 aliphatic heterocycles. The Bertz CT molecular complexity index is 1890. The summed E-state index contributed by atoms with van der Waals surface area (Å²) in [5, 5.41) is 7.57.